The normalized spacial score (nSPS) is 9.83. The second kappa shape index (κ2) is 6.55. The second-order valence-electron chi connectivity index (χ2n) is 3.82. The topological polar surface area (TPSA) is 30.5 Å². The summed E-state index contributed by atoms with van der Waals surface area (Å²) in [6, 6.07) is 17.6. The number of ether oxygens (including phenoxy) is 2. The van der Waals surface area contributed by atoms with Crippen molar-refractivity contribution in [3.63, 3.8) is 0 Å². The van der Waals surface area contributed by atoms with E-state index in [4.69, 9.17) is 9.47 Å². The number of nitrogens with one attached hydrogen (secondary N) is 1. The summed E-state index contributed by atoms with van der Waals surface area (Å²) in [5.41, 5.74) is 1.03. The molecule has 2 aromatic carbocycles. The van der Waals surface area contributed by atoms with Crippen LogP contribution in [0.15, 0.2) is 54.6 Å². The van der Waals surface area contributed by atoms with Gasteiger partial charge in [0.25, 0.3) is 0 Å². The lowest BCUT2D eigenvalue weighted by molar-refractivity contribution is 0.333. The summed E-state index contributed by atoms with van der Waals surface area (Å²) >= 11 is 0. The number of rotatable bonds is 6. The maximum atomic E-state index is 5.59. The molecule has 0 aliphatic heterocycles. The third-order valence-electron chi connectivity index (χ3n) is 2.51. The molecular weight excluding hydrogens is 226 g/mol. The molecule has 0 aliphatic rings. The van der Waals surface area contributed by atoms with Gasteiger partial charge in [-0.3, -0.25) is 0 Å². The predicted molar refractivity (Wildman–Crippen MR) is 73.4 cm³/mol. The number of hydrogen-bond acceptors (Lipinski definition) is 3. The fraction of sp³-hybridized carbons (Fsp3) is 0.200. The van der Waals surface area contributed by atoms with Crippen LogP contribution in [0.3, 0.4) is 0 Å². The zero-order chi connectivity index (χ0) is 12.6. The third-order valence-corrected chi connectivity index (χ3v) is 2.51. The van der Waals surface area contributed by atoms with Gasteiger partial charge in [-0.25, -0.2) is 0 Å². The van der Waals surface area contributed by atoms with Crippen LogP contribution in [-0.2, 0) is 0 Å². The Kier molecular flexibility index (Phi) is 4.47. The molecule has 2 aromatic rings. The molecule has 1 N–H and O–H groups in total. The number of anilines is 1. The van der Waals surface area contributed by atoms with E-state index in [1.165, 1.54) is 0 Å². The van der Waals surface area contributed by atoms with Gasteiger partial charge in [-0.05, 0) is 24.3 Å². The minimum Gasteiger partial charge on any atom is -0.497 e. The van der Waals surface area contributed by atoms with Crippen molar-refractivity contribution in [2.75, 3.05) is 25.6 Å². The van der Waals surface area contributed by atoms with Gasteiger partial charge in [-0.2, -0.15) is 0 Å². The molecule has 0 aliphatic carbocycles. The molecule has 0 spiro atoms. The highest BCUT2D eigenvalue weighted by Crippen LogP contribution is 2.16. The maximum absolute atomic E-state index is 5.59. The summed E-state index contributed by atoms with van der Waals surface area (Å²) in [4.78, 5) is 0. The minimum absolute atomic E-state index is 0.626. The van der Waals surface area contributed by atoms with E-state index in [1.807, 2.05) is 54.6 Å². The summed E-state index contributed by atoms with van der Waals surface area (Å²) in [5.74, 6) is 1.74. The summed E-state index contributed by atoms with van der Waals surface area (Å²) in [5, 5.41) is 3.28. The Morgan fingerprint density at radius 2 is 1.72 bits per heavy atom. The summed E-state index contributed by atoms with van der Waals surface area (Å²) in [6.45, 7) is 1.38. The van der Waals surface area contributed by atoms with Gasteiger partial charge >= 0.3 is 0 Å². The SMILES string of the molecule is COc1cccc(NCCOc2ccccc2)c1. The Labute approximate surface area is 107 Å². The van der Waals surface area contributed by atoms with Crippen molar-refractivity contribution in [2.24, 2.45) is 0 Å². The third kappa shape index (κ3) is 3.70. The van der Waals surface area contributed by atoms with Gasteiger partial charge < -0.3 is 14.8 Å². The molecule has 0 fully saturated rings. The lowest BCUT2D eigenvalue weighted by Crippen LogP contribution is -2.11. The summed E-state index contributed by atoms with van der Waals surface area (Å²) in [7, 11) is 1.66. The lowest BCUT2D eigenvalue weighted by Gasteiger charge is -2.09. The largest absolute Gasteiger partial charge is 0.497 e. The Morgan fingerprint density at radius 1 is 0.944 bits per heavy atom. The predicted octanol–water partition coefficient (Wildman–Crippen LogP) is 3.19. The quantitative estimate of drug-likeness (QED) is 0.790. The Hall–Kier alpha value is -2.16. The minimum atomic E-state index is 0.626. The van der Waals surface area contributed by atoms with E-state index >= 15 is 0 Å². The molecule has 0 bridgehead atoms. The molecule has 0 heterocycles. The van der Waals surface area contributed by atoms with Crippen molar-refractivity contribution in [3.8, 4) is 11.5 Å². The average Bonchev–Trinajstić information content (AvgIpc) is 2.45. The van der Waals surface area contributed by atoms with Crippen molar-refractivity contribution in [1.29, 1.82) is 0 Å². The van der Waals surface area contributed by atoms with E-state index in [2.05, 4.69) is 5.32 Å². The monoisotopic (exact) mass is 243 g/mol. The zero-order valence-corrected chi connectivity index (χ0v) is 10.4. The standard InChI is InChI=1S/C15H17NO2/c1-17-15-9-5-6-13(12-15)16-10-11-18-14-7-3-2-4-8-14/h2-9,12,16H,10-11H2,1H3. The molecule has 3 heteroatoms. The first kappa shape index (κ1) is 12.3. The van der Waals surface area contributed by atoms with E-state index in [0.717, 1.165) is 23.7 Å². The number of para-hydroxylation sites is 1. The Bertz CT molecular complexity index is 471. The van der Waals surface area contributed by atoms with Gasteiger partial charge in [0.1, 0.15) is 18.1 Å². The molecule has 0 amide bonds. The number of hydrogen-bond donors (Lipinski definition) is 1. The molecular formula is C15H17NO2. The van der Waals surface area contributed by atoms with Crippen LogP contribution in [0.5, 0.6) is 11.5 Å². The van der Waals surface area contributed by atoms with Crippen LogP contribution < -0.4 is 14.8 Å². The number of benzene rings is 2. The molecule has 0 saturated carbocycles. The summed E-state index contributed by atoms with van der Waals surface area (Å²) < 4.78 is 10.7. The first-order valence-corrected chi connectivity index (χ1v) is 5.94. The van der Waals surface area contributed by atoms with Crippen LogP contribution in [0.25, 0.3) is 0 Å². The van der Waals surface area contributed by atoms with E-state index in [0.29, 0.717) is 6.61 Å². The molecule has 0 saturated heterocycles. The molecule has 0 radical (unpaired) electrons. The van der Waals surface area contributed by atoms with Crippen LogP contribution in [0.1, 0.15) is 0 Å². The van der Waals surface area contributed by atoms with E-state index < -0.39 is 0 Å². The van der Waals surface area contributed by atoms with Crippen molar-refractivity contribution in [3.05, 3.63) is 54.6 Å². The van der Waals surface area contributed by atoms with Gasteiger partial charge in [-0.1, -0.05) is 24.3 Å². The molecule has 3 nitrogen and oxygen atoms in total. The number of methoxy groups -OCH3 is 1. The fourth-order valence-corrected chi connectivity index (χ4v) is 1.61. The highest BCUT2D eigenvalue weighted by atomic mass is 16.5. The highest BCUT2D eigenvalue weighted by molar-refractivity contribution is 5.48. The van der Waals surface area contributed by atoms with E-state index in [1.54, 1.807) is 7.11 Å². The second-order valence-corrected chi connectivity index (χ2v) is 3.82. The maximum Gasteiger partial charge on any atom is 0.120 e. The summed E-state index contributed by atoms with van der Waals surface area (Å²) in [6.07, 6.45) is 0. The fourth-order valence-electron chi connectivity index (χ4n) is 1.61. The van der Waals surface area contributed by atoms with Crippen molar-refractivity contribution < 1.29 is 9.47 Å². The van der Waals surface area contributed by atoms with Crippen LogP contribution in [0.4, 0.5) is 5.69 Å². The molecule has 0 aromatic heterocycles. The van der Waals surface area contributed by atoms with Crippen molar-refractivity contribution in [2.45, 2.75) is 0 Å². The average molecular weight is 243 g/mol. The van der Waals surface area contributed by atoms with E-state index in [-0.39, 0.29) is 0 Å². The zero-order valence-electron chi connectivity index (χ0n) is 10.4. The van der Waals surface area contributed by atoms with Crippen LogP contribution in [0, 0.1) is 0 Å². The van der Waals surface area contributed by atoms with Gasteiger partial charge in [0.15, 0.2) is 0 Å². The van der Waals surface area contributed by atoms with Gasteiger partial charge in [0, 0.05) is 18.3 Å². The van der Waals surface area contributed by atoms with Gasteiger partial charge in [0.2, 0.25) is 0 Å². The Balaban J connectivity index is 1.75. The van der Waals surface area contributed by atoms with Crippen LogP contribution in [-0.4, -0.2) is 20.3 Å². The highest BCUT2D eigenvalue weighted by Gasteiger charge is 1.95. The van der Waals surface area contributed by atoms with Crippen molar-refractivity contribution >= 4 is 5.69 Å². The first-order valence-electron chi connectivity index (χ1n) is 5.94. The lowest BCUT2D eigenvalue weighted by atomic mass is 10.3. The Morgan fingerprint density at radius 3 is 2.50 bits per heavy atom. The van der Waals surface area contributed by atoms with Crippen molar-refractivity contribution in [1.82, 2.24) is 0 Å². The van der Waals surface area contributed by atoms with Gasteiger partial charge in [0.05, 0.1) is 7.11 Å². The smallest absolute Gasteiger partial charge is 0.120 e. The van der Waals surface area contributed by atoms with E-state index in [9.17, 15) is 0 Å². The molecule has 2 rings (SSSR count). The molecule has 0 unspecified atom stereocenters. The van der Waals surface area contributed by atoms with Crippen LogP contribution >= 0.6 is 0 Å². The van der Waals surface area contributed by atoms with Gasteiger partial charge in [-0.15, -0.1) is 0 Å². The molecule has 0 atom stereocenters. The van der Waals surface area contributed by atoms with Crippen LogP contribution in [0.2, 0.25) is 0 Å². The molecule has 18 heavy (non-hydrogen) atoms. The molecule has 94 valence electrons. The first-order chi connectivity index (χ1) is 8.88.